The number of aromatic amines is 1. The van der Waals surface area contributed by atoms with E-state index in [2.05, 4.69) is 25.4 Å². The van der Waals surface area contributed by atoms with Crippen LogP contribution in [0.1, 0.15) is 27.6 Å². The normalized spacial score (nSPS) is 11.3. The predicted molar refractivity (Wildman–Crippen MR) is 95.2 cm³/mol. The molecule has 4 rings (SSSR count). The first-order chi connectivity index (χ1) is 12.0. The van der Waals surface area contributed by atoms with Gasteiger partial charge in [-0.3, -0.25) is 9.48 Å². The van der Waals surface area contributed by atoms with Gasteiger partial charge in [0.05, 0.1) is 34.2 Å². The van der Waals surface area contributed by atoms with Crippen molar-refractivity contribution in [1.29, 1.82) is 0 Å². The summed E-state index contributed by atoms with van der Waals surface area (Å²) >= 11 is 0. The zero-order chi connectivity index (χ0) is 17.6. The van der Waals surface area contributed by atoms with Crippen molar-refractivity contribution in [3.63, 3.8) is 0 Å². The Hall–Kier alpha value is -3.22. The zero-order valence-corrected chi connectivity index (χ0v) is 14.3. The summed E-state index contributed by atoms with van der Waals surface area (Å²) < 4.78 is 1.70. The van der Waals surface area contributed by atoms with Crippen LogP contribution >= 0.6 is 0 Å². The minimum atomic E-state index is -0.160. The van der Waals surface area contributed by atoms with Crippen LogP contribution in [-0.4, -0.2) is 30.6 Å². The first kappa shape index (κ1) is 15.3. The highest BCUT2D eigenvalue weighted by molar-refractivity contribution is 6.06. The number of aromatic nitrogens is 5. The Bertz CT molecular complexity index is 1070. The maximum atomic E-state index is 12.7. The second-order valence-electron chi connectivity index (χ2n) is 6.10. The van der Waals surface area contributed by atoms with Crippen LogP contribution in [0.15, 0.2) is 30.3 Å². The van der Waals surface area contributed by atoms with Crippen molar-refractivity contribution in [2.24, 2.45) is 7.05 Å². The number of para-hydroxylation sites is 2. The van der Waals surface area contributed by atoms with Crippen molar-refractivity contribution in [1.82, 2.24) is 30.0 Å². The van der Waals surface area contributed by atoms with Crippen molar-refractivity contribution in [2.45, 2.75) is 20.4 Å². The molecule has 0 atom stereocenters. The number of aryl methyl sites for hydroxylation is 3. The molecule has 0 unspecified atom stereocenters. The molecule has 0 spiro atoms. The fourth-order valence-electron chi connectivity index (χ4n) is 3.10. The SMILES string of the molecule is Cc1cc(C(=O)NCc2nc3ccccc3[nH]2)c2c(C)nn(C)c2n1. The van der Waals surface area contributed by atoms with E-state index in [-0.39, 0.29) is 5.91 Å². The quantitative estimate of drug-likeness (QED) is 0.602. The minimum absolute atomic E-state index is 0.160. The highest BCUT2D eigenvalue weighted by Gasteiger charge is 2.17. The summed E-state index contributed by atoms with van der Waals surface area (Å²) in [6.07, 6.45) is 0. The number of nitrogens with zero attached hydrogens (tertiary/aromatic N) is 4. The molecule has 0 bridgehead atoms. The molecule has 3 heterocycles. The number of benzene rings is 1. The molecule has 0 radical (unpaired) electrons. The van der Waals surface area contributed by atoms with E-state index in [1.54, 1.807) is 10.7 Å². The molecule has 0 aliphatic carbocycles. The molecule has 126 valence electrons. The van der Waals surface area contributed by atoms with E-state index in [4.69, 9.17) is 0 Å². The number of imidazole rings is 1. The Balaban J connectivity index is 1.64. The zero-order valence-electron chi connectivity index (χ0n) is 14.3. The third-order valence-electron chi connectivity index (χ3n) is 4.20. The van der Waals surface area contributed by atoms with Crippen LogP contribution in [-0.2, 0) is 13.6 Å². The Morgan fingerprint density at radius 2 is 2.04 bits per heavy atom. The number of hydrogen-bond donors (Lipinski definition) is 2. The molecule has 0 aliphatic rings. The van der Waals surface area contributed by atoms with Gasteiger partial charge in [0.25, 0.3) is 5.91 Å². The predicted octanol–water partition coefficient (Wildman–Crippen LogP) is 2.39. The molecule has 3 aromatic heterocycles. The molecule has 25 heavy (non-hydrogen) atoms. The van der Waals surface area contributed by atoms with Gasteiger partial charge in [-0.2, -0.15) is 5.10 Å². The Morgan fingerprint density at radius 3 is 2.84 bits per heavy atom. The average Bonchev–Trinajstić information content (AvgIpc) is 3.13. The lowest BCUT2D eigenvalue weighted by Gasteiger charge is -2.06. The third-order valence-corrected chi connectivity index (χ3v) is 4.20. The van der Waals surface area contributed by atoms with Crippen molar-refractivity contribution in [3.8, 4) is 0 Å². The van der Waals surface area contributed by atoms with Gasteiger partial charge >= 0.3 is 0 Å². The topological polar surface area (TPSA) is 88.5 Å². The molecular formula is C18H18N6O. The van der Waals surface area contributed by atoms with Crippen LogP contribution in [0.5, 0.6) is 0 Å². The summed E-state index contributed by atoms with van der Waals surface area (Å²) in [7, 11) is 1.83. The number of hydrogen-bond acceptors (Lipinski definition) is 4. The number of fused-ring (bicyclic) bond motifs is 2. The second-order valence-corrected chi connectivity index (χ2v) is 6.10. The number of amides is 1. The molecule has 0 saturated heterocycles. The second kappa shape index (κ2) is 5.70. The summed E-state index contributed by atoms with van der Waals surface area (Å²) in [4.78, 5) is 24.9. The van der Waals surface area contributed by atoms with E-state index in [1.165, 1.54) is 0 Å². The summed E-state index contributed by atoms with van der Waals surface area (Å²) in [5.74, 6) is 0.562. The fraction of sp³-hybridized carbons (Fsp3) is 0.222. The summed E-state index contributed by atoms with van der Waals surface area (Å²) in [5, 5.41) is 8.10. The van der Waals surface area contributed by atoms with Gasteiger partial charge in [-0.25, -0.2) is 9.97 Å². The smallest absolute Gasteiger partial charge is 0.252 e. The molecule has 2 N–H and O–H groups in total. The average molecular weight is 334 g/mol. The maximum absolute atomic E-state index is 12.7. The van der Waals surface area contributed by atoms with Crippen molar-refractivity contribution in [2.75, 3.05) is 0 Å². The molecule has 0 saturated carbocycles. The number of carbonyl (C=O) groups is 1. The van der Waals surface area contributed by atoms with E-state index in [0.717, 1.165) is 33.6 Å². The van der Waals surface area contributed by atoms with Crippen LogP contribution in [0, 0.1) is 13.8 Å². The van der Waals surface area contributed by atoms with E-state index < -0.39 is 0 Å². The molecular weight excluding hydrogens is 316 g/mol. The Morgan fingerprint density at radius 1 is 1.24 bits per heavy atom. The van der Waals surface area contributed by atoms with Gasteiger partial charge in [0.2, 0.25) is 0 Å². The van der Waals surface area contributed by atoms with Gasteiger partial charge in [-0.05, 0) is 32.0 Å². The van der Waals surface area contributed by atoms with E-state index in [9.17, 15) is 4.79 Å². The van der Waals surface area contributed by atoms with E-state index in [1.807, 2.05) is 45.2 Å². The first-order valence-electron chi connectivity index (χ1n) is 8.05. The van der Waals surface area contributed by atoms with Gasteiger partial charge in [-0.1, -0.05) is 12.1 Å². The van der Waals surface area contributed by atoms with Crippen LogP contribution in [0.25, 0.3) is 22.1 Å². The first-order valence-corrected chi connectivity index (χ1v) is 8.05. The minimum Gasteiger partial charge on any atom is -0.345 e. The monoisotopic (exact) mass is 334 g/mol. The highest BCUT2D eigenvalue weighted by Crippen LogP contribution is 2.21. The van der Waals surface area contributed by atoms with Crippen LogP contribution in [0.2, 0.25) is 0 Å². The van der Waals surface area contributed by atoms with Gasteiger partial charge < -0.3 is 10.3 Å². The van der Waals surface area contributed by atoms with Gasteiger partial charge in [0.1, 0.15) is 5.82 Å². The number of rotatable bonds is 3. The van der Waals surface area contributed by atoms with Crippen LogP contribution < -0.4 is 5.32 Å². The Kier molecular flexibility index (Phi) is 3.49. The molecule has 0 fully saturated rings. The van der Waals surface area contributed by atoms with Gasteiger partial charge in [-0.15, -0.1) is 0 Å². The van der Waals surface area contributed by atoms with Crippen LogP contribution in [0.4, 0.5) is 0 Å². The lowest BCUT2D eigenvalue weighted by atomic mass is 10.1. The number of H-pyrrole nitrogens is 1. The summed E-state index contributed by atoms with van der Waals surface area (Å²) in [6, 6.07) is 9.58. The van der Waals surface area contributed by atoms with E-state index in [0.29, 0.717) is 17.8 Å². The summed E-state index contributed by atoms with van der Waals surface area (Å²) in [6.45, 7) is 4.09. The number of carbonyl (C=O) groups excluding carboxylic acids is 1. The maximum Gasteiger partial charge on any atom is 0.252 e. The molecule has 0 aliphatic heterocycles. The Labute approximate surface area is 144 Å². The molecule has 1 amide bonds. The number of pyridine rings is 1. The number of nitrogens with one attached hydrogen (secondary N) is 2. The molecule has 7 heteroatoms. The highest BCUT2D eigenvalue weighted by atomic mass is 16.1. The van der Waals surface area contributed by atoms with Gasteiger partial charge in [0, 0.05) is 12.7 Å². The van der Waals surface area contributed by atoms with Crippen molar-refractivity contribution in [3.05, 3.63) is 53.1 Å². The molecule has 4 aromatic rings. The standard InChI is InChI=1S/C18H18N6O/c1-10-8-12(16-11(2)23-24(3)17(16)20-10)18(25)19-9-15-21-13-6-4-5-7-14(13)22-15/h4-8H,9H2,1-3H3,(H,19,25)(H,21,22). The lowest BCUT2D eigenvalue weighted by molar-refractivity contribution is 0.0951. The van der Waals surface area contributed by atoms with Crippen LogP contribution in [0.3, 0.4) is 0 Å². The van der Waals surface area contributed by atoms with Crippen molar-refractivity contribution >= 4 is 28.0 Å². The molecule has 1 aromatic carbocycles. The largest absolute Gasteiger partial charge is 0.345 e. The van der Waals surface area contributed by atoms with Crippen molar-refractivity contribution < 1.29 is 4.79 Å². The van der Waals surface area contributed by atoms with Gasteiger partial charge in [0.15, 0.2) is 5.65 Å². The summed E-state index contributed by atoms with van der Waals surface area (Å²) in [5.41, 5.74) is 4.72. The lowest BCUT2D eigenvalue weighted by Crippen LogP contribution is -2.24. The third kappa shape index (κ3) is 2.63. The molecule has 7 nitrogen and oxygen atoms in total. The fourth-order valence-corrected chi connectivity index (χ4v) is 3.10. The van der Waals surface area contributed by atoms with E-state index >= 15 is 0 Å².